The summed E-state index contributed by atoms with van der Waals surface area (Å²) in [4.78, 5) is 7.57. The molecule has 9 aromatic rings. The monoisotopic (exact) mass is 626 g/mol. The van der Waals surface area contributed by atoms with E-state index >= 15 is 0 Å². The molecule has 3 nitrogen and oxygen atoms in total. The number of nitrogens with zero attached hydrogens (tertiary/aromatic N) is 2. The van der Waals surface area contributed by atoms with Crippen molar-refractivity contribution in [2.45, 2.75) is 6.42 Å². The third-order valence-corrected chi connectivity index (χ3v) is 9.85. The molecule has 0 fully saturated rings. The smallest absolute Gasteiger partial charge is 0.227 e. The fourth-order valence-corrected chi connectivity index (χ4v) is 7.65. The van der Waals surface area contributed by atoms with Crippen molar-refractivity contribution in [1.82, 2.24) is 4.98 Å². The quantitative estimate of drug-likeness (QED) is 0.178. The predicted molar refractivity (Wildman–Crippen MR) is 203 cm³/mol. The Morgan fingerprint density at radius 3 is 2.02 bits per heavy atom. The third-order valence-electron chi connectivity index (χ3n) is 9.85. The first kappa shape index (κ1) is 27.6. The zero-order valence-electron chi connectivity index (χ0n) is 26.7. The molecule has 0 N–H and O–H groups in total. The highest BCUT2D eigenvalue weighted by Crippen LogP contribution is 2.53. The van der Waals surface area contributed by atoms with Crippen LogP contribution in [0, 0.1) is 0 Å². The molecule has 1 aromatic heterocycles. The summed E-state index contributed by atoms with van der Waals surface area (Å²) in [5.41, 5.74) is 13.1. The summed E-state index contributed by atoms with van der Waals surface area (Å²) in [6.45, 7) is 0. The zero-order chi connectivity index (χ0) is 32.3. The van der Waals surface area contributed by atoms with Gasteiger partial charge >= 0.3 is 0 Å². The number of fused-ring (bicyclic) bond motifs is 7. The Morgan fingerprint density at radius 2 is 1.18 bits per heavy atom. The van der Waals surface area contributed by atoms with E-state index in [-0.39, 0.29) is 0 Å². The van der Waals surface area contributed by atoms with E-state index < -0.39 is 0 Å². The van der Waals surface area contributed by atoms with Crippen LogP contribution in [0.25, 0.3) is 66.4 Å². The maximum Gasteiger partial charge on any atom is 0.227 e. The highest BCUT2D eigenvalue weighted by atomic mass is 16.3. The molecule has 0 unspecified atom stereocenters. The number of aromatic nitrogens is 1. The van der Waals surface area contributed by atoms with Crippen molar-refractivity contribution in [2.75, 3.05) is 4.90 Å². The average molecular weight is 627 g/mol. The van der Waals surface area contributed by atoms with Crippen molar-refractivity contribution in [2.24, 2.45) is 0 Å². The van der Waals surface area contributed by atoms with E-state index in [0.29, 0.717) is 5.89 Å². The average Bonchev–Trinajstić information content (AvgIpc) is 3.77. The summed E-state index contributed by atoms with van der Waals surface area (Å²) in [6.07, 6.45) is 0.846. The molecule has 230 valence electrons. The van der Waals surface area contributed by atoms with Crippen LogP contribution in [0.4, 0.5) is 17.1 Å². The lowest BCUT2D eigenvalue weighted by Gasteiger charge is -2.30. The maximum atomic E-state index is 6.91. The molecule has 0 saturated heterocycles. The molecule has 0 radical (unpaired) electrons. The van der Waals surface area contributed by atoms with Crippen LogP contribution >= 0.6 is 0 Å². The first-order chi connectivity index (χ1) is 24.3. The Balaban J connectivity index is 1.35. The van der Waals surface area contributed by atoms with Crippen LogP contribution in [-0.2, 0) is 6.42 Å². The van der Waals surface area contributed by atoms with Crippen molar-refractivity contribution < 1.29 is 4.42 Å². The van der Waals surface area contributed by atoms with Gasteiger partial charge in [-0.05, 0) is 86.8 Å². The van der Waals surface area contributed by atoms with Gasteiger partial charge < -0.3 is 9.32 Å². The second kappa shape index (κ2) is 11.1. The summed E-state index contributed by atoms with van der Waals surface area (Å²) < 4.78 is 6.91. The van der Waals surface area contributed by atoms with Gasteiger partial charge in [-0.1, -0.05) is 133 Å². The number of oxazole rings is 1. The van der Waals surface area contributed by atoms with Crippen molar-refractivity contribution in [3.8, 4) is 33.7 Å². The molecular weight excluding hydrogens is 597 g/mol. The lowest BCUT2D eigenvalue weighted by atomic mass is 9.96. The van der Waals surface area contributed by atoms with E-state index in [0.717, 1.165) is 45.7 Å². The molecule has 0 bridgehead atoms. The normalized spacial score (nSPS) is 12.0. The van der Waals surface area contributed by atoms with E-state index in [1.807, 2.05) is 18.2 Å². The van der Waals surface area contributed by atoms with Crippen molar-refractivity contribution >= 4 is 49.7 Å². The van der Waals surface area contributed by atoms with Gasteiger partial charge in [-0.3, -0.25) is 0 Å². The molecule has 49 heavy (non-hydrogen) atoms. The molecule has 0 saturated carbocycles. The Bertz CT molecular complexity index is 2690. The number of benzene rings is 8. The molecule has 1 aliphatic carbocycles. The summed E-state index contributed by atoms with van der Waals surface area (Å²) >= 11 is 0. The van der Waals surface area contributed by atoms with Gasteiger partial charge in [-0.15, -0.1) is 0 Å². The lowest BCUT2D eigenvalue weighted by Crippen LogP contribution is -2.13. The highest BCUT2D eigenvalue weighted by Gasteiger charge is 2.31. The highest BCUT2D eigenvalue weighted by molar-refractivity contribution is 6.17. The van der Waals surface area contributed by atoms with Gasteiger partial charge in [-0.25, -0.2) is 4.98 Å². The van der Waals surface area contributed by atoms with Crippen LogP contribution in [0.2, 0.25) is 0 Å². The van der Waals surface area contributed by atoms with E-state index in [4.69, 9.17) is 9.40 Å². The Kier molecular flexibility index (Phi) is 6.25. The standard InChI is InChI=1S/C46H30N2O/c1-3-14-30(15-4-1)32-20-13-21-36(27-32)48(42-29-34-19-7-9-22-37(34)39-24-11-12-25-40(39)42)44-43-35(26-33-18-8-10-23-38(33)43)28-41-45(44)49-46(47-41)31-16-5-2-6-17-31/h1-25,27-29H,26H2. The molecule has 1 aliphatic rings. The number of anilines is 3. The van der Waals surface area contributed by atoms with Crippen LogP contribution in [0.3, 0.4) is 0 Å². The number of hydrogen-bond acceptors (Lipinski definition) is 3. The second-order valence-corrected chi connectivity index (χ2v) is 12.7. The van der Waals surface area contributed by atoms with Crippen LogP contribution in [-0.4, -0.2) is 4.98 Å². The summed E-state index contributed by atoms with van der Waals surface area (Å²) in [6, 6.07) is 60.5. The fraction of sp³-hybridized carbons (Fsp3) is 0.0217. The second-order valence-electron chi connectivity index (χ2n) is 12.7. The largest absolute Gasteiger partial charge is 0.434 e. The first-order valence-electron chi connectivity index (χ1n) is 16.8. The van der Waals surface area contributed by atoms with Gasteiger partial charge in [0.05, 0.1) is 11.4 Å². The van der Waals surface area contributed by atoms with Gasteiger partial charge in [0.15, 0.2) is 5.58 Å². The topological polar surface area (TPSA) is 29.3 Å². The summed E-state index contributed by atoms with van der Waals surface area (Å²) in [5, 5.41) is 4.81. The van der Waals surface area contributed by atoms with Gasteiger partial charge in [0, 0.05) is 22.2 Å². The Morgan fingerprint density at radius 1 is 0.510 bits per heavy atom. The third kappa shape index (κ3) is 4.47. The Hall–Kier alpha value is -6.45. The minimum atomic E-state index is 0.621. The maximum absolute atomic E-state index is 6.91. The molecule has 3 heteroatoms. The number of rotatable bonds is 5. The zero-order valence-corrected chi connectivity index (χ0v) is 26.7. The van der Waals surface area contributed by atoms with Gasteiger partial charge in [0.1, 0.15) is 5.52 Å². The van der Waals surface area contributed by atoms with Crippen molar-refractivity contribution in [3.63, 3.8) is 0 Å². The van der Waals surface area contributed by atoms with Crippen molar-refractivity contribution in [3.05, 3.63) is 181 Å². The van der Waals surface area contributed by atoms with Gasteiger partial charge in [0.2, 0.25) is 5.89 Å². The fourth-order valence-electron chi connectivity index (χ4n) is 7.65. The van der Waals surface area contributed by atoms with Crippen LogP contribution in [0.15, 0.2) is 174 Å². The first-order valence-corrected chi connectivity index (χ1v) is 16.8. The molecule has 0 aliphatic heterocycles. The Labute approximate surface area is 284 Å². The molecule has 8 aromatic carbocycles. The summed E-state index contributed by atoms with van der Waals surface area (Å²) in [7, 11) is 0. The summed E-state index contributed by atoms with van der Waals surface area (Å²) in [5.74, 6) is 0.621. The molecule has 10 rings (SSSR count). The molecular formula is C46H30N2O. The van der Waals surface area contributed by atoms with Crippen molar-refractivity contribution in [1.29, 1.82) is 0 Å². The van der Waals surface area contributed by atoms with Crippen LogP contribution < -0.4 is 4.90 Å². The van der Waals surface area contributed by atoms with E-state index in [1.54, 1.807) is 0 Å². The minimum Gasteiger partial charge on any atom is -0.434 e. The van der Waals surface area contributed by atoms with E-state index in [1.165, 1.54) is 49.4 Å². The molecule has 0 amide bonds. The minimum absolute atomic E-state index is 0.621. The van der Waals surface area contributed by atoms with E-state index in [2.05, 4.69) is 157 Å². The van der Waals surface area contributed by atoms with Crippen LogP contribution in [0.1, 0.15) is 11.1 Å². The molecule has 0 spiro atoms. The lowest BCUT2D eigenvalue weighted by molar-refractivity contribution is 0.620. The van der Waals surface area contributed by atoms with Crippen LogP contribution in [0.5, 0.6) is 0 Å². The number of hydrogen-bond donors (Lipinski definition) is 0. The van der Waals surface area contributed by atoms with Gasteiger partial charge in [-0.2, -0.15) is 0 Å². The van der Waals surface area contributed by atoms with Gasteiger partial charge in [0.25, 0.3) is 0 Å². The molecule has 1 heterocycles. The SMILES string of the molecule is c1ccc(-c2cccc(N(c3cc4ccccc4c4ccccc34)c3c4c(cc5nc(-c6ccccc6)oc35)Cc3ccccc3-4)c2)cc1. The van der Waals surface area contributed by atoms with E-state index in [9.17, 15) is 0 Å². The molecule has 0 atom stereocenters. The predicted octanol–water partition coefficient (Wildman–Crippen LogP) is 12.5.